The zero-order chi connectivity index (χ0) is 17.5. The molecule has 1 aromatic rings. The lowest BCUT2D eigenvalue weighted by Crippen LogP contribution is -2.50. The minimum Gasteiger partial charge on any atom is -0.342 e. The Kier molecular flexibility index (Phi) is 6.76. The Morgan fingerprint density at radius 2 is 1.52 bits per heavy atom. The lowest BCUT2D eigenvalue weighted by Gasteiger charge is -2.35. The number of aryl methyl sites for hydroxylation is 1. The van der Waals surface area contributed by atoms with Gasteiger partial charge in [0.15, 0.2) is 0 Å². The Bertz CT molecular complexity index is 531. The quantitative estimate of drug-likeness (QED) is 0.811. The van der Waals surface area contributed by atoms with Crippen LogP contribution in [0, 0.1) is 0 Å². The molecular formula is C19H31N5O. The molecule has 2 aliphatic rings. The number of rotatable bonds is 5. The Hall–Kier alpha value is -1.53. The molecule has 3 rings (SSSR count). The SMILES string of the molecule is CCc1cnc(CN2CCN(CC(=O)N3CCCCCC3)CC2)nc1. The van der Waals surface area contributed by atoms with Gasteiger partial charge in [-0.05, 0) is 24.8 Å². The number of amides is 1. The molecule has 0 N–H and O–H groups in total. The Balaban J connectivity index is 1.41. The van der Waals surface area contributed by atoms with Gasteiger partial charge in [-0.15, -0.1) is 0 Å². The van der Waals surface area contributed by atoms with Crippen LogP contribution < -0.4 is 0 Å². The average Bonchev–Trinajstić information content (AvgIpc) is 2.93. The number of carbonyl (C=O) groups excluding carboxylic acids is 1. The van der Waals surface area contributed by atoms with E-state index in [1.165, 1.54) is 18.4 Å². The molecule has 138 valence electrons. The number of nitrogens with zero attached hydrogens (tertiary/aromatic N) is 5. The van der Waals surface area contributed by atoms with E-state index in [1.54, 1.807) is 0 Å². The summed E-state index contributed by atoms with van der Waals surface area (Å²) in [5.74, 6) is 1.21. The van der Waals surface area contributed by atoms with E-state index in [2.05, 4.69) is 31.6 Å². The highest BCUT2D eigenvalue weighted by molar-refractivity contribution is 5.78. The van der Waals surface area contributed by atoms with Gasteiger partial charge in [-0.25, -0.2) is 9.97 Å². The van der Waals surface area contributed by atoms with Crippen LogP contribution in [0.25, 0.3) is 0 Å². The molecule has 6 heteroatoms. The number of hydrogen-bond donors (Lipinski definition) is 0. The third-order valence-corrected chi connectivity index (χ3v) is 5.31. The smallest absolute Gasteiger partial charge is 0.236 e. The predicted octanol–water partition coefficient (Wildman–Crippen LogP) is 1.56. The van der Waals surface area contributed by atoms with Crippen molar-refractivity contribution >= 4 is 5.91 Å². The molecule has 2 saturated heterocycles. The zero-order valence-electron chi connectivity index (χ0n) is 15.5. The van der Waals surface area contributed by atoms with Crippen molar-refractivity contribution in [3.63, 3.8) is 0 Å². The summed E-state index contributed by atoms with van der Waals surface area (Å²) in [6, 6.07) is 0. The lowest BCUT2D eigenvalue weighted by atomic mass is 10.2. The normalized spacial score (nSPS) is 20.4. The first-order valence-corrected chi connectivity index (χ1v) is 9.77. The van der Waals surface area contributed by atoms with Crippen LogP contribution in [0.3, 0.4) is 0 Å². The van der Waals surface area contributed by atoms with Crippen molar-refractivity contribution in [3.05, 3.63) is 23.8 Å². The van der Waals surface area contributed by atoms with Gasteiger partial charge in [0.25, 0.3) is 0 Å². The second-order valence-corrected chi connectivity index (χ2v) is 7.21. The van der Waals surface area contributed by atoms with Gasteiger partial charge in [0.1, 0.15) is 5.82 Å². The molecule has 1 amide bonds. The third-order valence-electron chi connectivity index (χ3n) is 5.31. The Morgan fingerprint density at radius 3 is 2.12 bits per heavy atom. The van der Waals surface area contributed by atoms with Crippen molar-refractivity contribution in [2.45, 2.75) is 45.6 Å². The fourth-order valence-electron chi connectivity index (χ4n) is 3.56. The molecule has 0 bridgehead atoms. The Labute approximate surface area is 151 Å². The highest BCUT2D eigenvalue weighted by Crippen LogP contribution is 2.11. The minimum absolute atomic E-state index is 0.314. The minimum atomic E-state index is 0.314. The van der Waals surface area contributed by atoms with Crippen LogP contribution in [0.1, 0.15) is 44.0 Å². The van der Waals surface area contributed by atoms with Gasteiger partial charge < -0.3 is 4.90 Å². The number of piperazine rings is 1. The van der Waals surface area contributed by atoms with E-state index >= 15 is 0 Å². The van der Waals surface area contributed by atoms with Crippen LogP contribution >= 0.6 is 0 Å². The lowest BCUT2D eigenvalue weighted by molar-refractivity contribution is -0.132. The summed E-state index contributed by atoms with van der Waals surface area (Å²) >= 11 is 0. The zero-order valence-corrected chi connectivity index (χ0v) is 15.5. The van der Waals surface area contributed by atoms with Gasteiger partial charge in [0.2, 0.25) is 5.91 Å². The highest BCUT2D eigenvalue weighted by atomic mass is 16.2. The number of hydrogen-bond acceptors (Lipinski definition) is 5. The second kappa shape index (κ2) is 9.25. The maximum absolute atomic E-state index is 12.5. The maximum atomic E-state index is 12.5. The summed E-state index contributed by atoms with van der Waals surface area (Å²) in [6.45, 7) is 9.25. The van der Waals surface area contributed by atoms with Gasteiger partial charge in [0.05, 0.1) is 13.1 Å². The van der Waals surface area contributed by atoms with Crippen molar-refractivity contribution in [1.29, 1.82) is 0 Å². The van der Waals surface area contributed by atoms with Crippen LogP contribution in [0.2, 0.25) is 0 Å². The van der Waals surface area contributed by atoms with Crippen molar-refractivity contribution in [2.24, 2.45) is 0 Å². The van der Waals surface area contributed by atoms with E-state index in [0.29, 0.717) is 12.5 Å². The molecule has 0 saturated carbocycles. The number of likely N-dealkylation sites (tertiary alicyclic amines) is 1. The van der Waals surface area contributed by atoms with Crippen molar-refractivity contribution in [1.82, 2.24) is 24.7 Å². The number of carbonyl (C=O) groups is 1. The molecule has 0 aliphatic carbocycles. The fourth-order valence-corrected chi connectivity index (χ4v) is 3.56. The van der Waals surface area contributed by atoms with Crippen LogP contribution in [-0.2, 0) is 17.8 Å². The molecule has 0 aromatic carbocycles. The van der Waals surface area contributed by atoms with E-state index in [1.807, 2.05) is 12.4 Å². The molecule has 0 radical (unpaired) electrons. The first-order chi connectivity index (χ1) is 12.2. The van der Waals surface area contributed by atoms with Crippen LogP contribution in [0.4, 0.5) is 0 Å². The monoisotopic (exact) mass is 345 g/mol. The van der Waals surface area contributed by atoms with E-state index in [0.717, 1.165) is 70.9 Å². The summed E-state index contributed by atoms with van der Waals surface area (Å²) in [6.07, 6.45) is 9.70. The first-order valence-electron chi connectivity index (χ1n) is 9.77. The van der Waals surface area contributed by atoms with E-state index in [-0.39, 0.29) is 0 Å². The molecule has 25 heavy (non-hydrogen) atoms. The number of aromatic nitrogens is 2. The third kappa shape index (κ3) is 5.47. The molecule has 3 heterocycles. The van der Waals surface area contributed by atoms with Crippen molar-refractivity contribution in [3.8, 4) is 0 Å². The van der Waals surface area contributed by atoms with Crippen molar-refractivity contribution in [2.75, 3.05) is 45.8 Å². The molecule has 2 aliphatic heterocycles. The fraction of sp³-hybridized carbons (Fsp3) is 0.737. The van der Waals surface area contributed by atoms with Gasteiger partial charge in [-0.2, -0.15) is 0 Å². The molecular weight excluding hydrogens is 314 g/mol. The molecule has 2 fully saturated rings. The highest BCUT2D eigenvalue weighted by Gasteiger charge is 2.22. The molecule has 6 nitrogen and oxygen atoms in total. The van der Waals surface area contributed by atoms with Crippen molar-refractivity contribution < 1.29 is 4.79 Å². The summed E-state index contributed by atoms with van der Waals surface area (Å²) in [7, 11) is 0. The predicted molar refractivity (Wildman–Crippen MR) is 98.2 cm³/mol. The largest absolute Gasteiger partial charge is 0.342 e. The van der Waals surface area contributed by atoms with E-state index in [9.17, 15) is 4.79 Å². The van der Waals surface area contributed by atoms with Crippen LogP contribution in [0.15, 0.2) is 12.4 Å². The van der Waals surface area contributed by atoms with E-state index in [4.69, 9.17) is 0 Å². The maximum Gasteiger partial charge on any atom is 0.236 e. The topological polar surface area (TPSA) is 52.6 Å². The summed E-state index contributed by atoms with van der Waals surface area (Å²) in [5, 5.41) is 0. The molecule has 0 spiro atoms. The summed E-state index contributed by atoms with van der Waals surface area (Å²) < 4.78 is 0. The first kappa shape index (κ1) is 18.3. The van der Waals surface area contributed by atoms with Crippen LogP contribution in [0.5, 0.6) is 0 Å². The van der Waals surface area contributed by atoms with E-state index < -0.39 is 0 Å². The van der Waals surface area contributed by atoms with Crippen LogP contribution in [-0.4, -0.2) is 76.4 Å². The average molecular weight is 345 g/mol. The summed E-state index contributed by atoms with van der Waals surface area (Å²) in [4.78, 5) is 28.2. The van der Waals surface area contributed by atoms with Gasteiger partial charge in [-0.1, -0.05) is 19.8 Å². The van der Waals surface area contributed by atoms with Gasteiger partial charge in [-0.3, -0.25) is 14.6 Å². The molecule has 0 unspecified atom stereocenters. The molecule has 0 atom stereocenters. The Morgan fingerprint density at radius 1 is 0.920 bits per heavy atom. The van der Waals surface area contributed by atoms with Gasteiger partial charge in [0, 0.05) is 51.7 Å². The standard InChI is InChI=1S/C19H31N5O/c1-2-17-13-20-18(21-14-17)15-22-9-11-23(12-10-22)16-19(25)24-7-5-3-4-6-8-24/h13-14H,2-12,15-16H2,1H3. The molecule has 1 aromatic heterocycles. The second-order valence-electron chi connectivity index (χ2n) is 7.21. The summed E-state index contributed by atoms with van der Waals surface area (Å²) in [5.41, 5.74) is 1.18. The van der Waals surface area contributed by atoms with Gasteiger partial charge >= 0.3 is 0 Å².